The van der Waals surface area contributed by atoms with E-state index in [1.807, 2.05) is 0 Å². The molecule has 2 aromatic carbocycles. The fraction of sp³-hybridized carbons (Fsp3) is 0.211. The van der Waals surface area contributed by atoms with Crippen molar-refractivity contribution in [3.05, 3.63) is 52.0 Å². The predicted octanol–water partition coefficient (Wildman–Crippen LogP) is 3.27. The number of benzene rings is 2. The molecule has 7 nitrogen and oxygen atoms in total. The molecule has 0 aliphatic rings. The van der Waals surface area contributed by atoms with Gasteiger partial charge in [-0.05, 0) is 42.8 Å². The summed E-state index contributed by atoms with van der Waals surface area (Å²) in [5.41, 5.74) is 1.27. The number of carbonyl (C=O) groups excluding carboxylic acids is 3. The maximum atomic E-state index is 12.4. The van der Waals surface area contributed by atoms with Crippen LogP contribution < -0.4 is 14.8 Å². The lowest BCUT2D eigenvalue weighted by molar-refractivity contribution is -0.119. The van der Waals surface area contributed by atoms with Gasteiger partial charge in [0.1, 0.15) is 5.56 Å². The summed E-state index contributed by atoms with van der Waals surface area (Å²) in [7, 11) is 2.73. The first-order valence-electron chi connectivity index (χ1n) is 7.84. The molecule has 27 heavy (non-hydrogen) atoms. The van der Waals surface area contributed by atoms with Crippen LogP contribution in [0.1, 0.15) is 26.3 Å². The van der Waals surface area contributed by atoms with E-state index in [0.717, 1.165) is 5.56 Å². The zero-order chi connectivity index (χ0) is 20.0. The van der Waals surface area contributed by atoms with Gasteiger partial charge in [0.15, 0.2) is 24.4 Å². The third kappa shape index (κ3) is 4.77. The van der Waals surface area contributed by atoms with Gasteiger partial charge in [-0.2, -0.15) is 0 Å². The van der Waals surface area contributed by atoms with E-state index in [9.17, 15) is 14.4 Å². The minimum Gasteiger partial charge on any atom is -0.493 e. The van der Waals surface area contributed by atoms with Crippen molar-refractivity contribution >= 4 is 35.5 Å². The molecule has 0 bridgehead atoms. The molecule has 142 valence electrons. The predicted molar refractivity (Wildman–Crippen MR) is 100 cm³/mol. The van der Waals surface area contributed by atoms with Crippen LogP contribution in [0.2, 0.25) is 5.02 Å². The summed E-state index contributed by atoms with van der Waals surface area (Å²) < 4.78 is 15.3. The molecule has 0 aliphatic heterocycles. The molecule has 0 heterocycles. The van der Waals surface area contributed by atoms with E-state index in [1.54, 1.807) is 25.1 Å². The molecule has 0 unspecified atom stereocenters. The van der Waals surface area contributed by atoms with Crippen molar-refractivity contribution in [1.29, 1.82) is 0 Å². The third-order valence-electron chi connectivity index (χ3n) is 3.71. The Labute approximate surface area is 161 Å². The zero-order valence-electron chi connectivity index (χ0n) is 15.0. The first-order chi connectivity index (χ1) is 12.9. The summed E-state index contributed by atoms with van der Waals surface area (Å²) in [6.45, 7) is 1.24. The molecule has 0 atom stereocenters. The molecule has 0 saturated heterocycles. The Balaban J connectivity index is 2.13. The Kier molecular flexibility index (Phi) is 6.79. The lowest BCUT2D eigenvalue weighted by Crippen LogP contribution is -2.22. The van der Waals surface area contributed by atoms with Gasteiger partial charge in [-0.15, -0.1) is 0 Å². The monoisotopic (exact) mass is 391 g/mol. The number of methoxy groups -OCH3 is 2. The number of aryl methyl sites for hydroxylation is 1. The first-order valence-corrected chi connectivity index (χ1v) is 8.22. The molecule has 1 amide bonds. The largest absolute Gasteiger partial charge is 0.493 e. The van der Waals surface area contributed by atoms with E-state index in [-0.39, 0.29) is 22.6 Å². The second kappa shape index (κ2) is 9.05. The van der Waals surface area contributed by atoms with Gasteiger partial charge >= 0.3 is 5.97 Å². The number of anilines is 1. The Morgan fingerprint density at radius 1 is 1.15 bits per heavy atom. The average Bonchev–Trinajstić information content (AvgIpc) is 2.66. The Bertz CT molecular complexity index is 881. The molecule has 0 spiro atoms. The minimum absolute atomic E-state index is 0.0565. The van der Waals surface area contributed by atoms with Crippen LogP contribution in [0.4, 0.5) is 5.69 Å². The number of halogens is 1. The Morgan fingerprint density at radius 3 is 2.48 bits per heavy atom. The van der Waals surface area contributed by atoms with Gasteiger partial charge in [-0.1, -0.05) is 11.6 Å². The highest BCUT2D eigenvalue weighted by molar-refractivity contribution is 6.30. The molecular weight excluding hydrogens is 374 g/mol. The number of esters is 1. The van der Waals surface area contributed by atoms with Crippen molar-refractivity contribution in [3.8, 4) is 11.5 Å². The Hall–Kier alpha value is -3.06. The molecule has 1 N–H and O–H groups in total. The number of nitrogens with one attached hydrogen (secondary N) is 1. The highest BCUT2D eigenvalue weighted by Gasteiger charge is 2.23. The van der Waals surface area contributed by atoms with Crippen molar-refractivity contribution in [2.45, 2.75) is 6.92 Å². The van der Waals surface area contributed by atoms with Crippen LogP contribution in [0, 0.1) is 6.92 Å². The molecule has 0 aliphatic carbocycles. The lowest BCUT2D eigenvalue weighted by Gasteiger charge is -2.14. The van der Waals surface area contributed by atoms with E-state index < -0.39 is 18.5 Å². The SMILES string of the molecule is COc1ccc(C=O)c(C(=O)OCC(=O)Nc2ccc(Cl)cc2C)c1OC. The van der Waals surface area contributed by atoms with Gasteiger partial charge in [-0.25, -0.2) is 4.79 Å². The van der Waals surface area contributed by atoms with Crippen LogP contribution in [0.15, 0.2) is 30.3 Å². The number of carbonyl (C=O) groups is 3. The zero-order valence-corrected chi connectivity index (χ0v) is 15.8. The smallest absolute Gasteiger partial charge is 0.343 e. The molecule has 0 fully saturated rings. The summed E-state index contributed by atoms with van der Waals surface area (Å²) in [6.07, 6.45) is 0.496. The minimum atomic E-state index is -0.879. The maximum absolute atomic E-state index is 12.4. The van der Waals surface area contributed by atoms with E-state index in [0.29, 0.717) is 17.0 Å². The normalized spacial score (nSPS) is 10.1. The fourth-order valence-electron chi connectivity index (χ4n) is 2.41. The van der Waals surface area contributed by atoms with Crippen LogP contribution in [-0.2, 0) is 9.53 Å². The quantitative estimate of drug-likeness (QED) is 0.575. The molecule has 0 aromatic heterocycles. The first kappa shape index (κ1) is 20.3. The van der Waals surface area contributed by atoms with Crippen molar-refractivity contribution in [1.82, 2.24) is 0 Å². The van der Waals surface area contributed by atoms with E-state index in [1.165, 1.54) is 26.4 Å². The van der Waals surface area contributed by atoms with Crippen LogP contribution in [0.25, 0.3) is 0 Å². The molecule has 8 heteroatoms. The fourth-order valence-corrected chi connectivity index (χ4v) is 2.63. The molecule has 2 rings (SSSR count). The number of hydrogen-bond acceptors (Lipinski definition) is 6. The third-order valence-corrected chi connectivity index (χ3v) is 3.94. The van der Waals surface area contributed by atoms with E-state index >= 15 is 0 Å². The lowest BCUT2D eigenvalue weighted by atomic mass is 10.1. The van der Waals surface area contributed by atoms with Crippen LogP contribution >= 0.6 is 11.6 Å². The topological polar surface area (TPSA) is 90.9 Å². The van der Waals surface area contributed by atoms with Gasteiger partial charge in [0, 0.05) is 16.3 Å². The molecule has 0 saturated carbocycles. The number of amides is 1. The number of ether oxygens (including phenoxy) is 3. The van der Waals surface area contributed by atoms with E-state index in [4.69, 9.17) is 25.8 Å². The van der Waals surface area contributed by atoms with Gasteiger partial charge < -0.3 is 19.5 Å². The average molecular weight is 392 g/mol. The van der Waals surface area contributed by atoms with E-state index in [2.05, 4.69) is 5.32 Å². The molecular formula is C19H18ClNO6. The molecule has 2 aromatic rings. The van der Waals surface area contributed by atoms with Gasteiger partial charge in [-0.3, -0.25) is 9.59 Å². The summed E-state index contributed by atoms with van der Waals surface area (Å²) in [5.74, 6) is -1.10. The second-order valence-corrected chi connectivity index (χ2v) is 5.90. The highest BCUT2D eigenvalue weighted by atomic mass is 35.5. The number of aldehydes is 1. The highest BCUT2D eigenvalue weighted by Crippen LogP contribution is 2.33. The second-order valence-electron chi connectivity index (χ2n) is 5.47. The van der Waals surface area contributed by atoms with Crippen molar-refractivity contribution in [2.24, 2.45) is 0 Å². The summed E-state index contributed by atoms with van der Waals surface area (Å²) >= 11 is 5.87. The van der Waals surface area contributed by atoms with Gasteiger partial charge in [0.05, 0.1) is 14.2 Å². The van der Waals surface area contributed by atoms with Crippen molar-refractivity contribution in [3.63, 3.8) is 0 Å². The Morgan fingerprint density at radius 2 is 1.89 bits per heavy atom. The van der Waals surface area contributed by atoms with Crippen molar-refractivity contribution in [2.75, 3.05) is 26.1 Å². The number of rotatable bonds is 7. The maximum Gasteiger partial charge on any atom is 0.343 e. The van der Waals surface area contributed by atoms with Crippen LogP contribution in [0.5, 0.6) is 11.5 Å². The van der Waals surface area contributed by atoms with Gasteiger partial charge in [0.2, 0.25) is 0 Å². The summed E-state index contributed by atoms with van der Waals surface area (Å²) in [4.78, 5) is 35.7. The standard InChI is InChI=1S/C19H18ClNO6/c1-11-8-13(20)5-6-14(11)21-16(23)10-27-19(24)17-12(9-22)4-7-15(25-2)18(17)26-3/h4-9H,10H2,1-3H3,(H,21,23). The summed E-state index contributed by atoms with van der Waals surface area (Å²) in [6, 6.07) is 7.87. The molecule has 0 radical (unpaired) electrons. The van der Waals surface area contributed by atoms with Crippen LogP contribution in [0.3, 0.4) is 0 Å². The summed E-state index contributed by atoms with van der Waals surface area (Å²) in [5, 5.41) is 3.17. The van der Waals surface area contributed by atoms with Crippen molar-refractivity contribution < 1.29 is 28.6 Å². The number of hydrogen-bond donors (Lipinski definition) is 1. The van der Waals surface area contributed by atoms with Crippen LogP contribution in [-0.4, -0.2) is 39.0 Å². The van der Waals surface area contributed by atoms with Gasteiger partial charge in [0.25, 0.3) is 5.91 Å².